The van der Waals surface area contributed by atoms with Crippen LogP contribution in [0.3, 0.4) is 0 Å². The standard InChI is InChI=1S/C31H30F4N6O3S/c1-19(2)40-18-26(17-37-40)45(43,44)39(3)25-7-4-21-13-28-20(16-38-41(28)24-8-5-23(32)6-9-24)14-30(21,15-25)29(42)27-12-22(10-11-36-27)31(33,34)35/h5-6,8-13,16-19,25H,4,7,14-15H2,1-3H3/t25-,30-/m0/s1. The topological polar surface area (TPSA) is 103 Å². The number of aromatic nitrogens is 5. The number of halogens is 4. The SMILES string of the molecule is CC(C)n1cc(S(=O)(=O)N(C)[C@H]2CCC3=Cc4c(cnn4-c4ccc(F)cc4)C[C@]3(C(=O)c3cc(C(F)(F)F)ccn3)C2)cn1. The Kier molecular flexibility index (Phi) is 7.55. The number of hydrogen-bond acceptors (Lipinski definition) is 6. The van der Waals surface area contributed by atoms with Crippen molar-refractivity contribution in [2.24, 2.45) is 5.41 Å². The van der Waals surface area contributed by atoms with Crippen LogP contribution < -0.4 is 0 Å². The number of sulfonamides is 1. The van der Waals surface area contributed by atoms with Crippen molar-refractivity contribution in [1.82, 2.24) is 28.9 Å². The molecule has 9 nitrogen and oxygen atoms in total. The summed E-state index contributed by atoms with van der Waals surface area (Å²) in [6.07, 6.45) is 3.14. The van der Waals surface area contributed by atoms with Crippen molar-refractivity contribution in [2.75, 3.05) is 7.05 Å². The van der Waals surface area contributed by atoms with Crippen LogP contribution in [0, 0.1) is 11.2 Å². The summed E-state index contributed by atoms with van der Waals surface area (Å²) in [6, 6.07) is 6.58. The van der Waals surface area contributed by atoms with E-state index in [9.17, 15) is 30.8 Å². The van der Waals surface area contributed by atoms with Gasteiger partial charge in [-0.3, -0.25) is 14.5 Å². The van der Waals surface area contributed by atoms with E-state index in [1.54, 1.807) is 29.1 Å². The maximum atomic E-state index is 14.4. The zero-order valence-corrected chi connectivity index (χ0v) is 25.5. The maximum absolute atomic E-state index is 14.4. The van der Waals surface area contributed by atoms with E-state index >= 15 is 0 Å². The summed E-state index contributed by atoms with van der Waals surface area (Å²) >= 11 is 0. The van der Waals surface area contributed by atoms with Gasteiger partial charge in [-0.2, -0.15) is 27.7 Å². The van der Waals surface area contributed by atoms with Crippen LogP contribution in [-0.2, 0) is 22.6 Å². The van der Waals surface area contributed by atoms with Crippen LogP contribution in [0.1, 0.15) is 66.5 Å². The summed E-state index contributed by atoms with van der Waals surface area (Å²) in [5.74, 6) is -1.03. The number of allylic oxidation sites excluding steroid dienone is 1. The van der Waals surface area contributed by atoms with Crippen molar-refractivity contribution < 1.29 is 30.8 Å². The summed E-state index contributed by atoms with van der Waals surface area (Å²) < 4.78 is 86.3. The molecule has 0 spiro atoms. The monoisotopic (exact) mass is 642 g/mol. The van der Waals surface area contributed by atoms with Gasteiger partial charge in [0.05, 0.1) is 34.8 Å². The van der Waals surface area contributed by atoms with Gasteiger partial charge in [-0.25, -0.2) is 17.5 Å². The van der Waals surface area contributed by atoms with Gasteiger partial charge in [-0.1, -0.05) is 5.57 Å². The number of carbonyl (C=O) groups excluding carboxylic acids is 1. The molecule has 3 heterocycles. The van der Waals surface area contributed by atoms with E-state index in [0.717, 1.165) is 18.3 Å². The molecule has 45 heavy (non-hydrogen) atoms. The number of Topliss-reactive ketones (excluding diaryl/α,β-unsaturated/α-hetero) is 1. The minimum atomic E-state index is -4.69. The number of carbonyl (C=O) groups is 1. The Labute approximate surface area is 257 Å². The van der Waals surface area contributed by atoms with Crippen molar-refractivity contribution in [3.8, 4) is 5.69 Å². The quantitative estimate of drug-likeness (QED) is 0.184. The van der Waals surface area contributed by atoms with Crippen molar-refractivity contribution in [2.45, 2.75) is 62.7 Å². The van der Waals surface area contributed by atoms with Crippen LogP contribution in [0.5, 0.6) is 0 Å². The van der Waals surface area contributed by atoms with Crippen LogP contribution in [0.25, 0.3) is 11.8 Å². The Morgan fingerprint density at radius 3 is 2.51 bits per heavy atom. The fraction of sp³-hybridized carbons (Fsp3) is 0.355. The first kappa shape index (κ1) is 30.8. The largest absolute Gasteiger partial charge is 0.416 e. The number of alkyl halides is 3. The van der Waals surface area contributed by atoms with E-state index in [4.69, 9.17) is 0 Å². The second-order valence-corrected chi connectivity index (χ2v) is 13.8. The van der Waals surface area contributed by atoms with E-state index in [-0.39, 0.29) is 29.5 Å². The summed E-state index contributed by atoms with van der Waals surface area (Å²) in [7, 11) is -2.57. The number of fused-ring (bicyclic) bond motifs is 2. The third-order valence-corrected chi connectivity index (χ3v) is 10.6. The highest BCUT2D eigenvalue weighted by molar-refractivity contribution is 7.89. The summed E-state index contributed by atoms with van der Waals surface area (Å²) in [5, 5.41) is 8.63. The average Bonchev–Trinajstić information content (AvgIpc) is 3.67. The number of rotatable bonds is 7. The minimum Gasteiger partial charge on any atom is -0.291 e. The van der Waals surface area contributed by atoms with E-state index in [2.05, 4.69) is 15.2 Å². The molecular formula is C31H30F4N6O3S. The van der Waals surface area contributed by atoms with E-state index in [0.29, 0.717) is 35.4 Å². The highest BCUT2D eigenvalue weighted by Gasteiger charge is 2.51. The molecule has 0 amide bonds. The maximum Gasteiger partial charge on any atom is 0.416 e. The van der Waals surface area contributed by atoms with Crippen molar-refractivity contribution in [3.63, 3.8) is 0 Å². The van der Waals surface area contributed by atoms with Gasteiger partial charge in [0, 0.05) is 31.5 Å². The lowest BCUT2D eigenvalue weighted by Gasteiger charge is -2.45. The van der Waals surface area contributed by atoms with Gasteiger partial charge in [0.1, 0.15) is 16.4 Å². The number of ketones is 1. The smallest absolute Gasteiger partial charge is 0.291 e. The molecule has 4 aromatic rings. The predicted molar refractivity (Wildman–Crippen MR) is 156 cm³/mol. The Balaban J connectivity index is 1.42. The Morgan fingerprint density at radius 2 is 1.84 bits per heavy atom. The van der Waals surface area contributed by atoms with Crippen molar-refractivity contribution >= 4 is 21.9 Å². The first-order chi connectivity index (χ1) is 21.2. The minimum absolute atomic E-state index is 0.00599. The molecule has 14 heteroatoms. The van der Waals surface area contributed by atoms with Crippen LogP contribution >= 0.6 is 0 Å². The molecule has 0 saturated heterocycles. The third kappa shape index (κ3) is 5.39. The zero-order chi connectivity index (χ0) is 32.3. The number of pyridine rings is 1. The molecule has 2 aliphatic rings. The molecule has 236 valence electrons. The molecule has 1 aromatic carbocycles. The molecule has 0 unspecified atom stereocenters. The van der Waals surface area contributed by atoms with Crippen LogP contribution in [0.2, 0.25) is 0 Å². The fourth-order valence-electron chi connectivity index (χ4n) is 6.26. The molecule has 3 aromatic heterocycles. The Bertz CT molecular complexity index is 1910. The summed E-state index contributed by atoms with van der Waals surface area (Å²) in [6.45, 7) is 3.74. The zero-order valence-electron chi connectivity index (χ0n) is 24.7. The predicted octanol–water partition coefficient (Wildman–Crippen LogP) is 5.88. The fourth-order valence-corrected chi connectivity index (χ4v) is 7.58. The molecule has 2 aliphatic carbocycles. The van der Waals surface area contributed by atoms with Crippen LogP contribution in [-0.4, -0.2) is 56.1 Å². The van der Waals surface area contributed by atoms with Crippen molar-refractivity contribution in [1.29, 1.82) is 0 Å². The third-order valence-electron chi connectivity index (χ3n) is 8.76. The van der Waals surface area contributed by atoms with E-state index in [1.807, 2.05) is 13.8 Å². The average molecular weight is 643 g/mol. The summed E-state index contributed by atoms with van der Waals surface area (Å²) in [4.78, 5) is 18.5. The normalized spacial score (nSPS) is 20.2. The van der Waals surface area contributed by atoms with Gasteiger partial charge >= 0.3 is 6.18 Å². The molecule has 0 radical (unpaired) electrons. The number of nitrogens with zero attached hydrogens (tertiary/aromatic N) is 6. The van der Waals surface area contributed by atoms with Gasteiger partial charge in [0.15, 0.2) is 5.78 Å². The first-order valence-electron chi connectivity index (χ1n) is 14.3. The second-order valence-electron chi connectivity index (χ2n) is 11.8. The Hall–Kier alpha value is -4.17. The van der Waals surface area contributed by atoms with Crippen molar-refractivity contribution in [3.05, 3.63) is 95.1 Å². The molecule has 2 atom stereocenters. The highest BCUT2D eigenvalue weighted by Crippen LogP contribution is 2.51. The first-order valence-corrected chi connectivity index (χ1v) is 15.8. The molecule has 0 N–H and O–H groups in total. The number of hydrogen-bond donors (Lipinski definition) is 0. The lowest BCUT2D eigenvalue weighted by Crippen LogP contribution is -2.49. The molecular weight excluding hydrogens is 612 g/mol. The van der Waals surface area contributed by atoms with Gasteiger partial charge < -0.3 is 0 Å². The Morgan fingerprint density at radius 1 is 1.11 bits per heavy atom. The highest BCUT2D eigenvalue weighted by atomic mass is 32.2. The summed E-state index contributed by atoms with van der Waals surface area (Å²) in [5.41, 5.74) is -0.181. The number of benzene rings is 1. The van der Waals surface area contributed by atoms with E-state index in [1.165, 1.54) is 40.6 Å². The lowest BCUT2D eigenvalue weighted by molar-refractivity contribution is -0.137. The van der Waals surface area contributed by atoms with Gasteiger partial charge in [0.2, 0.25) is 10.0 Å². The molecule has 6 rings (SSSR count). The van der Waals surface area contributed by atoms with Gasteiger partial charge in [-0.05, 0) is 87.6 Å². The lowest BCUT2D eigenvalue weighted by atomic mass is 9.60. The van der Waals surface area contributed by atoms with E-state index < -0.39 is 44.8 Å². The van der Waals surface area contributed by atoms with Gasteiger partial charge in [-0.15, -0.1) is 0 Å². The van der Waals surface area contributed by atoms with Crippen LogP contribution in [0.15, 0.2) is 71.7 Å². The molecule has 1 saturated carbocycles. The molecule has 1 fully saturated rings. The van der Waals surface area contributed by atoms with Gasteiger partial charge in [0.25, 0.3) is 0 Å². The molecule has 0 bridgehead atoms. The second kappa shape index (κ2) is 11.0. The van der Waals surface area contributed by atoms with Crippen LogP contribution in [0.4, 0.5) is 17.6 Å². The molecule has 0 aliphatic heterocycles.